The van der Waals surface area contributed by atoms with Crippen LogP contribution in [-0.4, -0.2) is 33.7 Å². The summed E-state index contributed by atoms with van der Waals surface area (Å²) in [6, 6.07) is 0. The average Bonchev–Trinajstić information content (AvgIpc) is 2.84. The largest absolute Gasteiger partial charge is 0.338 e. The van der Waals surface area contributed by atoms with Gasteiger partial charge < -0.3 is 10.6 Å². The molecule has 2 rings (SSSR count). The van der Waals surface area contributed by atoms with Crippen LogP contribution in [0.5, 0.6) is 0 Å². The van der Waals surface area contributed by atoms with Gasteiger partial charge in [0.2, 0.25) is 5.91 Å². The summed E-state index contributed by atoms with van der Waals surface area (Å²) in [6.45, 7) is 9.07. The Kier molecular flexibility index (Phi) is 3.71. The number of carbonyl (C=O) groups is 1. The minimum atomic E-state index is 0.216. The molecule has 0 spiro atoms. The van der Waals surface area contributed by atoms with E-state index in [1.54, 1.807) is 0 Å². The van der Waals surface area contributed by atoms with Crippen LogP contribution >= 0.6 is 0 Å². The lowest BCUT2D eigenvalue weighted by Gasteiger charge is -2.16. The highest BCUT2D eigenvalue weighted by Crippen LogP contribution is 2.22. The molecule has 1 aromatic heterocycles. The van der Waals surface area contributed by atoms with Gasteiger partial charge in [0, 0.05) is 37.3 Å². The van der Waals surface area contributed by atoms with Crippen LogP contribution in [0.15, 0.2) is 0 Å². The van der Waals surface area contributed by atoms with E-state index >= 15 is 0 Å². The van der Waals surface area contributed by atoms with E-state index in [9.17, 15) is 4.79 Å². The van der Waals surface area contributed by atoms with Crippen molar-refractivity contribution in [2.24, 2.45) is 11.7 Å². The number of nitrogens with zero attached hydrogens (tertiary/aromatic N) is 3. The zero-order chi connectivity index (χ0) is 13.3. The predicted molar refractivity (Wildman–Crippen MR) is 70.0 cm³/mol. The van der Waals surface area contributed by atoms with Crippen molar-refractivity contribution in [2.75, 3.05) is 13.1 Å². The highest BCUT2D eigenvalue weighted by atomic mass is 16.2. The summed E-state index contributed by atoms with van der Waals surface area (Å²) in [7, 11) is 0. The maximum absolute atomic E-state index is 11.9. The maximum Gasteiger partial charge on any atom is 0.223 e. The lowest BCUT2D eigenvalue weighted by Crippen LogP contribution is -2.26. The van der Waals surface area contributed by atoms with Gasteiger partial charge in [-0.3, -0.25) is 9.48 Å². The standard InChI is InChI=1S/C13H22N4O/c1-4-17-10(3)12(9(2)15-17)8-16-7-11(6-14)5-13(16)18/h11H,4-8,14H2,1-3H3. The SMILES string of the molecule is CCn1nc(C)c(CN2CC(CN)CC2=O)c1C. The fraction of sp³-hybridized carbons (Fsp3) is 0.692. The number of hydrogen-bond donors (Lipinski definition) is 1. The molecular weight excluding hydrogens is 228 g/mol. The number of rotatable bonds is 4. The number of aryl methyl sites for hydroxylation is 2. The molecule has 2 N–H and O–H groups in total. The molecule has 0 bridgehead atoms. The molecule has 5 heteroatoms. The monoisotopic (exact) mass is 250 g/mol. The van der Waals surface area contributed by atoms with Crippen LogP contribution in [0.25, 0.3) is 0 Å². The molecule has 18 heavy (non-hydrogen) atoms. The number of carbonyl (C=O) groups excluding carboxylic acids is 1. The van der Waals surface area contributed by atoms with Gasteiger partial charge in [-0.1, -0.05) is 0 Å². The molecule has 0 aromatic carbocycles. The third-order valence-corrected chi connectivity index (χ3v) is 3.81. The zero-order valence-electron chi connectivity index (χ0n) is 11.4. The minimum absolute atomic E-state index is 0.216. The summed E-state index contributed by atoms with van der Waals surface area (Å²) in [6.07, 6.45) is 0.594. The van der Waals surface area contributed by atoms with Crippen LogP contribution in [0.1, 0.15) is 30.3 Å². The molecule has 0 saturated carbocycles. The first-order chi connectivity index (χ1) is 8.56. The Labute approximate surface area is 108 Å². The molecule has 5 nitrogen and oxygen atoms in total. The molecule has 2 heterocycles. The average molecular weight is 250 g/mol. The Hall–Kier alpha value is -1.36. The van der Waals surface area contributed by atoms with Gasteiger partial charge in [0.1, 0.15) is 0 Å². The number of nitrogens with two attached hydrogens (primary N) is 1. The molecular formula is C13H22N4O. The van der Waals surface area contributed by atoms with Gasteiger partial charge in [-0.15, -0.1) is 0 Å². The van der Waals surface area contributed by atoms with E-state index < -0.39 is 0 Å². The van der Waals surface area contributed by atoms with Gasteiger partial charge in [0.05, 0.1) is 5.69 Å². The van der Waals surface area contributed by atoms with Crippen LogP contribution in [0.3, 0.4) is 0 Å². The summed E-state index contributed by atoms with van der Waals surface area (Å²) in [5.74, 6) is 0.535. The highest BCUT2D eigenvalue weighted by molar-refractivity contribution is 5.78. The second-order valence-electron chi connectivity index (χ2n) is 5.05. The summed E-state index contributed by atoms with van der Waals surface area (Å²) in [4.78, 5) is 13.8. The molecule has 1 fully saturated rings. The lowest BCUT2D eigenvalue weighted by molar-refractivity contribution is -0.128. The van der Waals surface area contributed by atoms with Crippen LogP contribution in [0.2, 0.25) is 0 Å². The van der Waals surface area contributed by atoms with Crippen molar-refractivity contribution in [2.45, 2.75) is 40.3 Å². The van der Waals surface area contributed by atoms with Crippen molar-refractivity contribution in [3.05, 3.63) is 17.0 Å². The van der Waals surface area contributed by atoms with E-state index in [1.807, 2.05) is 16.5 Å². The smallest absolute Gasteiger partial charge is 0.223 e. The molecule has 1 aromatic rings. The Bertz CT molecular complexity index is 452. The maximum atomic E-state index is 11.9. The second-order valence-corrected chi connectivity index (χ2v) is 5.05. The van der Waals surface area contributed by atoms with E-state index in [0.29, 0.717) is 25.4 Å². The van der Waals surface area contributed by atoms with Crippen molar-refractivity contribution in [1.29, 1.82) is 0 Å². The van der Waals surface area contributed by atoms with Crippen molar-refractivity contribution in [1.82, 2.24) is 14.7 Å². The summed E-state index contributed by atoms with van der Waals surface area (Å²) in [5.41, 5.74) is 9.02. The van der Waals surface area contributed by atoms with Crippen molar-refractivity contribution in [3.8, 4) is 0 Å². The Morgan fingerprint density at radius 1 is 1.44 bits per heavy atom. The minimum Gasteiger partial charge on any atom is -0.338 e. The number of amides is 1. The number of hydrogen-bond acceptors (Lipinski definition) is 3. The van der Waals surface area contributed by atoms with E-state index in [0.717, 1.165) is 18.8 Å². The van der Waals surface area contributed by atoms with Crippen molar-refractivity contribution < 1.29 is 4.79 Å². The van der Waals surface area contributed by atoms with Gasteiger partial charge in [-0.2, -0.15) is 5.10 Å². The number of aromatic nitrogens is 2. The van der Waals surface area contributed by atoms with E-state index in [-0.39, 0.29) is 5.91 Å². The quantitative estimate of drug-likeness (QED) is 0.860. The molecule has 0 aliphatic carbocycles. The van der Waals surface area contributed by atoms with Gasteiger partial charge in [0.15, 0.2) is 0 Å². The predicted octanol–water partition coefficient (Wildman–Crippen LogP) is 0.827. The Morgan fingerprint density at radius 3 is 2.67 bits per heavy atom. The van der Waals surface area contributed by atoms with Gasteiger partial charge >= 0.3 is 0 Å². The molecule has 1 aliphatic heterocycles. The fourth-order valence-electron chi connectivity index (χ4n) is 2.63. The molecule has 100 valence electrons. The summed E-state index contributed by atoms with van der Waals surface area (Å²) >= 11 is 0. The first-order valence-corrected chi connectivity index (χ1v) is 6.57. The van der Waals surface area contributed by atoms with Gasteiger partial charge in [-0.05, 0) is 33.2 Å². The first kappa shape index (κ1) is 13.1. The van der Waals surface area contributed by atoms with Crippen molar-refractivity contribution in [3.63, 3.8) is 0 Å². The molecule has 0 radical (unpaired) electrons. The van der Waals surface area contributed by atoms with Gasteiger partial charge in [0.25, 0.3) is 0 Å². The normalized spacial score (nSPS) is 19.9. The molecule has 1 unspecified atom stereocenters. The second kappa shape index (κ2) is 5.10. The Morgan fingerprint density at radius 2 is 2.17 bits per heavy atom. The van der Waals surface area contributed by atoms with Crippen LogP contribution in [0, 0.1) is 19.8 Å². The highest BCUT2D eigenvalue weighted by Gasteiger charge is 2.29. The zero-order valence-corrected chi connectivity index (χ0v) is 11.4. The van der Waals surface area contributed by atoms with Crippen LogP contribution in [0.4, 0.5) is 0 Å². The van der Waals surface area contributed by atoms with Gasteiger partial charge in [-0.25, -0.2) is 0 Å². The van der Waals surface area contributed by atoms with E-state index in [2.05, 4.69) is 18.9 Å². The summed E-state index contributed by atoms with van der Waals surface area (Å²) in [5, 5.41) is 4.49. The van der Waals surface area contributed by atoms with Crippen LogP contribution < -0.4 is 5.73 Å². The van der Waals surface area contributed by atoms with E-state index in [4.69, 9.17) is 5.73 Å². The number of likely N-dealkylation sites (tertiary alicyclic amines) is 1. The topological polar surface area (TPSA) is 64.2 Å². The lowest BCUT2D eigenvalue weighted by atomic mass is 10.1. The molecule has 1 aliphatic rings. The fourth-order valence-corrected chi connectivity index (χ4v) is 2.63. The Balaban J connectivity index is 2.15. The third kappa shape index (κ3) is 2.27. The summed E-state index contributed by atoms with van der Waals surface area (Å²) < 4.78 is 1.99. The van der Waals surface area contributed by atoms with Crippen LogP contribution in [-0.2, 0) is 17.9 Å². The van der Waals surface area contributed by atoms with E-state index in [1.165, 1.54) is 11.3 Å². The third-order valence-electron chi connectivity index (χ3n) is 3.81. The van der Waals surface area contributed by atoms with Crippen molar-refractivity contribution >= 4 is 5.91 Å². The first-order valence-electron chi connectivity index (χ1n) is 6.57. The molecule has 1 amide bonds. The molecule has 1 atom stereocenters. The molecule has 1 saturated heterocycles.